The lowest BCUT2D eigenvalue weighted by Gasteiger charge is -2.46. The third-order valence-electron chi connectivity index (χ3n) is 5.04. The average Bonchev–Trinajstić information content (AvgIpc) is 2.82. The molecule has 1 saturated carbocycles. The fourth-order valence-corrected chi connectivity index (χ4v) is 3.93. The van der Waals surface area contributed by atoms with E-state index in [9.17, 15) is 14.9 Å². The van der Waals surface area contributed by atoms with E-state index in [-0.39, 0.29) is 35.7 Å². The summed E-state index contributed by atoms with van der Waals surface area (Å²) in [5, 5.41) is 10.6. The highest BCUT2D eigenvalue weighted by Gasteiger charge is 2.60. The minimum atomic E-state index is -0.791. The maximum absolute atomic E-state index is 12.0. The second-order valence-corrected chi connectivity index (χ2v) is 6.31. The Balaban J connectivity index is 1.37. The Hall–Kier alpha value is -2.19. The minimum absolute atomic E-state index is 0.0647. The second-order valence-electron chi connectivity index (χ2n) is 6.31. The monoisotopic (exact) mass is 335 g/mol. The highest BCUT2D eigenvalue weighted by Crippen LogP contribution is 2.53. The summed E-state index contributed by atoms with van der Waals surface area (Å²) in [6.45, 7) is 1.20. The van der Waals surface area contributed by atoms with Crippen molar-refractivity contribution >= 4 is 11.8 Å². The van der Waals surface area contributed by atoms with Gasteiger partial charge < -0.3 is 18.9 Å². The molecule has 2 heterocycles. The quantitative estimate of drug-likeness (QED) is 0.362. The van der Waals surface area contributed by atoms with Gasteiger partial charge in [0.2, 0.25) is 0 Å². The molecular formula is C16H17NO7. The topological polar surface area (TPSA) is 97.1 Å². The van der Waals surface area contributed by atoms with Gasteiger partial charge in [-0.2, -0.15) is 0 Å². The largest absolute Gasteiger partial charge is 0.514 e. The van der Waals surface area contributed by atoms with Crippen LogP contribution in [0, 0.1) is 27.9 Å². The van der Waals surface area contributed by atoms with Crippen molar-refractivity contribution < 1.29 is 28.7 Å². The lowest BCUT2D eigenvalue weighted by molar-refractivity contribution is -0.384. The van der Waals surface area contributed by atoms with Gasteiger partial charge in [0.1, 0.15) is 11.9 Å². The third-order valence-corrected chi connectivity index (χ3v) is 5.04. The summed E-state index contributed by atoms with van der Waals surface area (Å²) in [4.78, 5) is 22.1. The number of hydrogen-bond acceptors (Lipinski definition) is 7. The van der Waals surface area contributed by atoms with Gasteiger partial charge in [-0.1, -0.05) is 0 Å². The fourth-order valence-electron chi connectivity index (χ4n) is 3.93. The molecule has 0 N–H and O–H groups in total. The van der Waals surface area contributed by atoms with Gasteiger partial charge in [-0.3, -0.25) is 10.1 Å². The summed E-state index contributed by atoms with van der Waals surface area (Å²) in [5.74, 6) is 0.910. The lowest BCUT2D eigenvalue weighted by atomic mass is 9.62. The predicted octanol–water partition coefficient (Wildman–Crippen LogP) is 2.51. The number of non-ortho nitro benzene ring substituents is 1. The fraction of sp³-hybridized carbons (Fsp3) is 0.562. The molecule has 0 bridgehead atoms. The minimum Gasteiger partial charge on any atom is -0.430 e. The molecule has 24 heavy (non-hydrogen) atoms. The van der Waals surface area contributed by atoms with Crippen LogP contribution in [-0.4, -0.2) is 36.7 Å². The van der Waals surface area contributed by atoms with Crippen LogP contribution in [0.25, 0.3) is 0 Å². The molecule has 1 aromatic rings. The van der Waals surface area contributed by atoms with Gasteiger partial charge in [-0.05, 0) is 25.0 Å². The first kappa shape index (κ1) is 15.3. The average molecular weight is 335 g/mol. The van der Waals surface area contributed by atoms with Gasteiger partial charge in [0.15, 0.2) is 6.29 Å². The van der Waals surface area contributed by atoms with Crippen LogP contribution in [0.5, 0.6) is 5.75 Å². The van der Waals surface area contributed by atoms with E-state index in [1.807, 2.05) is 0 Å². The number of carbonyl (C=O) groups excluding carboxylic acids is 1. The van der Waals surface area contributed by atoms with Crippen molar-refractivity contribution in [2.24, 2.45) is 17.8 Å². The molecule has 0 amide bonds. The van der Waals surface area contributed by atoms with Crippen molar-refractivity contribution in [3.63, 3.8) is 0 Å². The summed E-state index contributed by atoms with van der Waals surface area (Å²) >= 11 is 0. The number of rotatable bonds is 3. The first-order valence-corrected chi connectivity index (χ1v) is 7.99. The summed E-state index contributed by atoms with van der Waals surface area (Å²) in [6, 6.07) is 5.30. The zero-order valence-electron chi connectivity index (χ0n) is 12.8. The van der Waals surface area contributed by atoms with E-state index in [1.54, 1.807) is 0 Å². The molecule has 0 spiro atoms. The molecule has 1 aliphatic carbocycles. The van der Waals surface area contributed by atoms with Crippen LogP contribution in [-0.2, 0) is 14.2 Å². The van der Waals surface area contributed by atoms with Crippen LogP contribution in [0.2, 0.25) is 0 Å². The smallest absolute Gasteiger partial charge is 0.430 e. The maximum Gasteiger partial charge on any atom is 0.514 e. The van der Waals surface area contributed by atoms with E-state index in [4.69, 9.17) is 18.9 Å². The summed E-state index contributed by atoms with van der Waals surface area (Å²) in [5.41, 5.74) is -0.0647. The van der Waals surface area contributed by atoms with Crippen molar-refractivity contribution in [2.75, 3.05) is 13.2 Å². The summed E-state index contributed by atoms with van der Waals surface area (Å²) < 4.78 is 21.9. The Morgan fingerprint density at radius 1 is 1.21 bits per heavy atom. The van der Waals surface area contributed by atoms with Gasteiger partial charge in [0.25, 0.3) is 5.69 Å². The number of nitrogens with zero attached hydrogens (tertiary/aromatic N) is 1. The number of carbonyl (C=O) groups is 1. The van der Waals surface area contributed by atoms with Crippen molar-refractivity contribution in [3.05, 3.63) is 34.4 Å². The molecule has 0 aromatic heterocycles. The number of nitro benzene ring substituents is 1. The number of benzene rings is 1. The molecule has 0 radical (unpaired) electrons. The van der Waals surface area contributed by atoms with Crippen LogP contribution in [0.3, 0.4) is 0 Å². The standard InChI is InChI=1S/C16H17NO7/c18-16(23-10-5-3-9(4-6-10)17(19)20)24-14-11-2-1-7-21-15-13(11)12(14)8-22-15/h3-6,11-15H,1-2,7-8H2. The number of ether oxygens (including phenoxy) is 4. The molecule has 2 aliphatic heterocycles. The Kier molecular flexibility index (Phi) is 3.85. The van der Waals surface area contributed by atoms with E-state index >= 15 is 0 Å². The van der Waals surface area contributed by atoms with E-state index in [0.29, 0.717) is 19.1 Å². The molecule has 3 fully saturated rings. The molecule has 2 saturated heterocycles. The SMILES string of the molecule is O=C(Oc1ccc([N+](=O)[O-])cc1)OC1C2CCCOC3OCC1C32. The van der Waals surface area contributed by atoms with Gasteiger partial charge in [0, 0.05) is 36.5 Å². The maximum atomic E-state index is 12.0. The molecule has 4 rings (SSSR count). The van der Waals surface area contributed by atoms with Crippen LogP contribution >= 0.6 is 0 Å². The molecule has 8 nitrogen and oxygen atoms in total. The second kappa shape index (κ2) is 6.03. The number of nitro groups is 1. The molecule has 8 heteroatoms. The molecule has 128 valence electrons. The lowest BCUT2D eigenvalue weighted by Crippen LogP contribution is -2.54. The zero-order valence-corrected chi connectivity index (χ0v) is 12.8. The van der Waals surface area contributed by atoms with E-state index in [0.717, 1.165) is 12.8 Å². The highest BCUT2D eigenvalue weighted by molar-refractivity contribution is 5.64. The van der Waals surface area contributed by atoms with Gasteiger partial charge in [-0.25, -0.2) is 4.79 Å². The van der Waals surface area contributed by atoms with Crippen molar-refractivity contribution in [2.45, 2.75) is 25.2 Å². The Labute approximate surface area is 137 Å². The molecule has 5 atom stereocenters. The normalized spacial score (nSPS) is 33.8. The summed E-state index contributed by atoms with van der Waals surface area (Å²) in [7, 11) is 0. The predicted molar refractivity (Wildman–Crippen MR) is 79.4 cm³/mol. The first-order chi connectivity index (χ1) is 11.6. The third kappa shape index (κ3) is 2.61. The zero-order chi connectivity index (χ0) is 16.7. The van der Waals surface area contributed by atoms with E-state index < -0.39 is 11.1 Å². The highest BCUT2D eigenvalue weighted by atomic mass is 16.7. The van der Waals surface area contributed by atoms with Crippen LogP contribution in [0.1, 0.15) is 12.8 Å². The van der Waals surface area contributed by atoms with Crippen molar-refractivity contribution in [3.8, 4) is 5.75 Å². The van der Waals surface area contributed by atoms with E-state index in [2.05, 4.69) is 0 Å². The van der Waals surface area contributed by atoms with Gasteiger partial charge in [0.05, 0.1) is 11.5 Å². The Morgan fingerprint density at radius 2 is 2.00 bits per heavy atom. The van der Waals surface area contributed by atoms with E-state index in [1.165, 1.54) is 24.3 Å². The van der Waals surface area contributed by atoms with Gasteiger partial charge >= 0.3 is 6.16 Å². The Morgan fingerprint density at radius 3 is 2.75 bits per heavy atom. The van der Waals surface area contributed by atoms with Crippen LogP contribution in [0.4, 0.5) is 10.5 Å². The molecular weight excluding hydrogens is 318 g/mol. The van der Waals surface area contributed by atoms with Gasteiger partial charge in [-0.15, -0.1) is 0 Å². The molecule has 5 unspecified atom stereocenters. The van der Waals surface area contributed by atoms with Crippen molar-refractivity contribution in [1.82, 2.24) is 0 Å². The van der Waals surface area contributed by atoms with Crippen LogP contribution < -0.4 is 4.74 Å². The molecule has 3 aliphatic rings. The summed E-state index contributed by atoms with van der Waals surface area (Å²) in [6.07, 6.45) is 0.683. The number of hydrogen-bond donors (Lipinski definition) is 0. The first-order valence-electron chi connectivity index (χ1n) is 7.99. The van der Waals surface area contributed by atoms with Crippen LogP contribution in [0.15, 0.2) is 24.3 Å². The van der Waals surface area contributed by atoms with Crippen molar-refractivity contribution in [1.29, 1.82) is 0 Å². The Bertz CT molecular complexity index is 646. The molecule has 1 aromatic carbocycles.